The third kappa shape index (κ3) is 4.79. The smallest absolute Gasteiger partial charge is 0.157 e. The molecule has 128 valence electrons. The van der Waals surface area contributed by atoms with Gasteiger partial charge >= 0.3 is 0 Å². The van der Waals surface area contributed by atoms with E-state index in [2.05, 4.69) is 27.4 Å². The fraction of sp³-hybridized carbons (Fsp3) is 0.312. The molecular formula is C16H18Cl2N4S2. The summed E-state index contributed by atoms with van der Waals surface area (Å²) in [6, 6.07) is 7.85. The number of nitrogens with zero attached hydrogens (tertiary/aromatic N) is 4. The van der Waals surface area contributed by atoms with Gasteiger partial charge in [-0.15, -0.1) is 10.2 Å². The van der Waals surface area contributed by atoms with Crippen molar-refractivity contribution >= 4 is 56.8 Å². The Balaban J connectivity index is 0.00000100. The average Bonchev–Trinajstić information content (AvgIpc) is 2.57. The van der Waals surface area contributed by atoms with E-state index >= 15 is 0 Å². The Hall–Kier alpha value is -0.950. The first-order valence-corrected chi connectivity index (χ1v) is 10.00. The van der Waals surface area contributed by atoms with E-state index < -0.39 is 0 Å². The van der Waals surface area contributed by atoms with Crippen LogP contribution in [0.3, 0.4) is 0 Å². The number of halogens is 2. The van der Waals surface area contributed by atoms with E-state index in [1.54, 1.807) is 22.8 Å². The number of hydrogen-bond acceptors (Lipinski definition) is 6. The number of benzene rings is 1. The summed E-state index contributed by atoms with van der Waals surface area (Å²) in [5.41, 5.74) is 3.11. The lowest BCUT2D eigenvalue weighted by Crippen LogP contribution is -2.17. The third-order valence-corrected chi connectivity index (χ3v) is 5.70. The summed E-state index contributed by atoms with van der Waals surface area (Å²) in [4.78, 5) is 0. The number of fused-ring (bicyclic) bond motifs is 1. The SMILES string of the molecule is CC.Cc1ccc(CSC2=NN(C)c3cc(Cl)nnc3S2)c(Cl)c1. The van der Waals surface area contributed by atoms with E-state index in [0.29, 0.717) is 5.15 Å². The van der Waals surface area contributed by atoms with E-state index in [9.17, 15) is 0 Å². The van der Waals surface area contributed by atoms with E-state index in [-0.39, 0.29) is 0 Å². The third-order valence-electron chi connectivity index (χ3n) is 3.04. The van der Waals surface area contributed by atoms with Crippen molar-refractivity contribution in [1.29, 1.82) is 0 Å². The quantitative estimate of drug-likeness (QED) is 0.630. The molecule has 0 unspecified atom stereocenters. The molecule has 3 rings (SSSR count). The molecule has 0 amide bonds. The van der Waals surface area contributed by atoms with Crippen molar-refractivity contribution in [2.75, 3.05) is 12.1 Å². The maximum Gasteiger partial charge on any atom is 0.157 e. The number of hydrogen-bond donors (Lipinski definition) is 0. The van der Waals surface area contributed by atoms with Crippen LogP contribution >= 0.6 is 46.7 Å². The van der Waals surface area contributed by atoms with Gasteiger partial charge in [0.1, 0.15) is 0 Å². The minimum Gasteiger partial charge on any atom is -0.264 e. The van der Waals surface area contributed by atoms with E-state index in [4.69, 9.17) is 23.2 Å². The van der Waals surface area contributed by atoms with E-state index in [1.165, 1.54) is 11.8 Å². The summed E-state index contributed by atoms with van der Waals surface area (Å²) < 4.78 is 0.906. The molecule has 0 saturated carbocycles. The maximum atomic E-state index is 6.27. The molecule has 0 fully saturated rings. The van der Waals surface area contributed by atoms with Crippen molar-refractivity contribution in [3.05, 3.63) is 45.6 Å². The highest BCUT2D eigenvalue weighted by Crippen LogP contribution is 2.38. The molecule has 8 heteroatoms. The minimum absolute atomic E-state index is 0.365. The van der Waals surface area contributed by atoms with Gasteiger partial charge in [-0.3, -0.25) is 5.01 Å². The van der Waals surface area contributed by atoms with Gasteiger partial charge in [-0.1, -0.05) is 60.9 Å². The van der Waals surface area contributed by atoms with Crippen LogP contribution in [0.15, 0.2) is 34.4 Å². The van der Waals surface area contributed by atoms with Gasteiger partial charge < -0.3 is 0 Å². The Kier molecular flexibility index (Phi) is 7.22. The highest BCUT2D eigenvalue weighted by Gasteiger charge is 2.20. The topological polar surface area (TPSA) is 41.4 Å². The lowest BCUT2D eigenvalue weighted by molar-refractivity contribution is 0.884. The summed E-state index contributed by atoms with van der Waals surface area (Å²) in [6.07, 6.45) is 0. The van der Waals surface area contributed by atoms with Gasteiger partial charge in [0.05, 0.1) is 5.69 Å². The van der Waals surface area contributed by atoms with E-state index in [1.807, 2.05) is 33.9 Å². The Morgan fingerprint density at radius 3 is 2.62 bits per heavy atom. The first-order chi connectivity index (χ1) is 11.5. The van der Waals surface area contributed by atoms with Crippen molar-refractivity contribution < 1.29 is 0 Å². The second kappa shape index (κ2) is 8.94. The van der Waals surface area contributed by atoms with Crippen LogP contribution < -0.4 is 5.01 Å². The van der Waals surface area contributed by atoms with Crippen molar-refractivity contribution in [3.8, 4) is 0 Å². The predicted molar refractivity (Wildman–Crippen MR) is 108 cm³/mol. The highest BCUT2D eigenvalue weighted by molar-refractivity contribution is 8.38. The standard InChI is InChI=1S/C14H12Cl2N4S2.C2H6/c1-8-3-4-9(10(15)5-8)7-21-14-19-20(2)11-6-12(16)17-18-13(11)22-14;1-2/h3-6H,7H2,1-2H3;1-2H3. The van der Waals surface area contributed by atoms with Gasteiger partial charge in [-0.2, -0.15) is 5.10 Å². The molecule has 1 aromatic heterocycles. The van der Waals surface area contributed by atoms with Gasteiger partial charge in [0.15, 0.2) is 14.6 Å². The van der Waals surface area contributed by atoms with Gasteiger partial charge in [-0.05, 0) is 35.9 Å². The van der Waals surface area contributed by atoms with Crippen LogP contribution in [0.4, 0.5) is 5.69 Å². The van der Waals surface area contributed by atoms with Crippen LogP contribution in [0, 0.1) is 6.92 Å². The second-order valence-corrected chi connectivity index (χ2v) is 7.73. The van der Waals surface area contributed by atoms with E-state index in [0.717, 1.165) is 37.0 Å². The number of anilines is 1. The Morgan fingerprint density at radius 1 is 1.17 bits per heavy atom. The lowest BCUT2D eigenvalue weighted by atomic mass is 10.2. The number of hydrazone groups is 1. The molecule has 2 aromatic rings. The Bertz CT molecular complexity index is 753. The van der Waals surface area contributed by atoms with Crippen LogP contribution in [-0.4, -0.2) is 21.6 Å². The molecule has 0 saturated heterocycles. The molecule has 1 aromatic carbocycles. The summed E-state index contributed by atoms with van der Waals surface area (Å²) in [7, 11) is 1.87. The highest BCUT2D eigenvalue weighted by atomic mass is 35.5. The largest absolute Gasteiger partial charge is 0.264 e. The predicted octanol–water partition coefficient (Wildman–Crippen LogP) is 5.86. The summed E-state index contributed by atoms with van der Waals surface area (Å²) in [5.74, 6) is 0.759. The maximum absolute atomic E-state index is 6.27. The van der Waals surface area contributed by atoms with Crippen LogP contribution in [0.2, 0.25) is 10.2 Å². The normalized spacial score (nSPS) is 12.9. The molecule has 2 heterocycles. The van der Waals surface area contributed by atoms with Crippen LogP contribution in [0.5, 0.6) is 0 Å². The first-order valence-electron chi connectivity index (χ1n) is 7.44. The zero-order chi connectivity index (χ0) is 17.7. The summed E-state index contributed by atoms with van der Waals surface area (Å²) in [5, 5.41) is 16.3. The van der Waals surface area contributed by atoms with Gasteiger partial charge in [0.25, 0.3) is 0 Å². The summed E-state index contributed by atoms with van der Waals surface area (Å²) >= 11 is 15.3. The molecule has 0 atom stereocenters. The molecular weight excluding hydrogens is 383 g/mol. The number of aryl methyl sites for hydroxylation is 1. The van der Waals surface area contributed by atoms with Gasteiger partial charge in [0.2, 0.25) is 0 Å². The van der Waals surface area contributed by atoms with Crippen LogP contribution in [0.1, 0.15) is 25.0 Å². The van der Waals surface area contributed by atoms with Crippen LogP contribution in [0.25, 0.3) is 0 Å². The molecule has 0 spiro atoms. The molecule has 4 nitrogen and oxygen atoms in total. The zero-order valence-electron chi connectivity index (χ0n) is 13.9. The number of thioether (sulfide) groups is 2. The molecule has 0 bridgehead atoms. The van der Waals surface area contributed by atoms with Gasteiger partial charge in [-0.25, -0.2) is 0 Å². The number of rotatable bonds is 2. The fourth-order valence-corrected chi connectivity index (χ4v) is 4.49. The van der Waals surface area contributed by atoms with Crippen molar-refractivity contribution in [2.45, 2.75) is 31.6 Å². The molecule has 0 radical (unpaired) electrons. The van der Waals surface area contributed by atoms with Crippen molar-refractivity contribution in [2.24, 2.45) is 5.10 Å². The molecule has 1 aliphatic rings. The molecule has 0 N–H and O–H groups in total. The summed E-state index contributed by atoms with van der Waals surface area (Å²) in [6.45, 7) is 6.03. The monoisotopic (exact) mass is 400 g/mol. The fourth-order valence-electron chi connectivity index (χ4n) is 1.90. The lowest BCUT2D eigenvalue weighted by Gasteiger charge is -2.22. The van der Waals surface area contributed by atoms with Crippen molar-refractivity contribution in [3.63, 3.8) is 0 Å². The number of aromatic nitrogens is 2. The zero-order valence-corrected chi connectivity index (χ0v) is 17.0. The second-order valence-electron chi connectivity index (χ2n) is 4.73. The van der Waals surface area contributed by atoms with Crippen LogP contribution in [-0.2, 0) is 5.75 Å². The molecule has 24 heavy (non-hydrogen) atoms. The Morgan fingerprint density at radius 2 is 1.92 bits per heavy atom. The van der Waals surface area contributed by atoms with Gasteiger partial charge in [0, 0.05) is 23.9 Å². The first kappa shape index (κ1) is 19.4. The average molecular weight is 401 g/mol. The minimum atomic E-state index is 0.365. The van der Waals surface area contributed by atoms with Crippen molar-refractivity contribution in [1.82, 2.24) is 10.2 Å². The molecule has 0 aliphatic carbocycles. The Labute approximate surface area is 161 Å². The molecule has 1 aliphatic heterocycles.